The van der Waals surface area contributed by atoms with Crippen molar-refractivity contribution in [1.29, 1.82) is 0 Å². The molecule has 0 unspecified atom stereocenters. The number of hydrogen-bond donors (Lipinski definition) is 1. The standard InChI is InChI=1S/C10H13ClN2S.ClH/c11-10-2-1-8(5-13-10)7-14-9-3-4-12-6-9;/h1-2,5,9,12H,3-4,6-7H2;1H/t9-;/m0./s1. The summed E-state index contributed by atoms with van der Waals surface area (Å²) in [5.41, 5.74) is 1.26. The Bertz CT molecular complexity index is 286. The molecule has 84 valence electrons. The van der Waals surface area contributed by atoms with Crippen LogP contribution in [0.4, 0.5) is 0 Å². The zero-order valence-electron chi connectivity index (χ0n) is 8.28. The maximum absolute atomic E-state index is 5.71. The molecule has 15 heavy (non-hydrogen) atoms. The highest BCUT2D eigenvalue weighted by Gasteiger charge is 2.14. The van der Waals surface area contributed by atoms with Gasteiger partial charge in [-0.2, -0.15) is 11.8 Å². The van der Waals surface area contributed by atoms with Crippen molar-refractivity contribution in [3.05, 3.63) is 29.0 Å². The van der Waals surface area contributed by atoms with E-state index in [1.54, 1.807) is 0 Å². The molecule has 2 rings (SSSR count). The van der Waals surface area contributed by atoms with Gasteiger partial charge in [-0.25, -0.2) is 4.98 Å². The molecule has 0 spiro atoms. The second-order valence-electron chi connectivity index (χ2n) is 3.41. The summed E-state index contributed by atoms with van der Waals surface area (Å²) in [5.74, 6) is 1.04. The summed E-state index contributed by atoms with van der Waals surface area (Å²) in [6.07, 6.45) is 3.14. The second-order valence-corrected chi connectivity index (χ2v) is 5.09. The summed E-state index contributed by atoms with van der Waals surface area (Å²) in [5, 5.41) is 4.70. The van der Waals surface area contributed by atoms with Gasteiger partial charge in [0, 0.05) is 23.7 Å². The van der Waals surface area contributed by atoms with Gasteiger partial charge in [0.15, 0.2) is 0 Å². The van der Waals surface area contributed by atoms with Gasteiger partial charge in [0.05, 0.1) is 0 Å². The third-order valence-corrected chi connectivity index (χ3v) is 3.89. The number of pyridine rings is 1. The number of aromatic nitrogens is 1. The van der Waals surface area contributed by atoms with Crippen LogP contribution >= 0.6 is 35.8 Å². The van der Waals surface area contributed by atoms with E-state index in [9.17, 15) is 0 Å². The Morgan fingerprint density at radius 2 is 2.40 bits per heavy atom. The van der Waals surface area contributed by atoms with Crippen molar-refractivity contribution in [3.63, 3.8) is 0 Å². The van der Waals surface area contributed by atoms with Crippen molar-refractivity contribution in [1.82, 2.24) is 10.3 Å². The lowest BCUT2D eigenvalue weighted by Gasteiger charge is -2.07. The zero-order chi connectivity index (χ0) is 9.80. The first-order chi connectivity index (χ1) is 6.84. The largest absolute Gasteiger partial charge is 0.316 e. The molecule has 1 aromatic rings. The Morgan fingerprint density at radius 3 is 3.00 bits per heavy atom. The minimum Gasteiger partial charge on any atom is -0.316 e. The van der Waals surface area contributed by atoms with E-state index in [0.717, 1.165) is 24.1 Å². The number of nitrogens with one attached hydrogen (secondary N) is 1. The van der Waals surface area contributed by atoms with E-state index >= 15 is 0 Å². The van der Waals surface area contributed by atoms with Gasteiger partial charge in [0.2, 0.25) is 0 Å². The van der Waals surface area contributed by atoms with Crippen LogP contribution in [0.5, 0.6) is 0 Å². The number of rotatable bonds is 3. The Morgan fingerprint density at radius 1 is 1.53 bits per heavy atom. The molecule has 1 saturated heterocycles. The molecule has 0 aromatic carbocycles. The smallest absolute Gasteiger partial charge is 0.129 e. The molecule has 1 aliphatic heterocycles. The van der Waals surface area contributed by atoms with Gasteiger partial charge in [-0.1, -0.05) is 17.7 Å². The highest BCUT2D eigenvalue weighted by atomic mass is 35.5. The maximum Gasteiger partial charge on any atom is 0.129 e. The second kappa shape index (κ2) is 6.59. The maximum atomic E-state index is 5.71. The fraction of sp³-hybridized carbons (Fsp3) is 0.500. The highest BCUT2D eigenvalue weighted by molar-refractivity contribution is 7.99. The van der Waals surface area contributed by atoms with Crippen LogP contribution in [-0.2, 0) is 5.75 Å². The predicted octanol–water partition coefficient (Wildman–Crippen LogP) is 2.75. The third-order valence-electron chi connectivity index (χ3n) is 2.29. The molecule has 1 aliphatic rings. The van der Waals surface area contributed by atoms with E-state index < -0.39 is 0 Å². The molecule has 0 aliphatic carbocycles. The lowest BCUT2D eigenvalue weighted by molar-refractivity contribution is 0.858. The van der Waals surface area contributed by atoms with E-state index in [1.165, 1.54) is 12.0 Å². The monoisotopic (exact) mass is 264 g/mol. The van der Waals surface area contributed by atoms with E-state index in [1.807, 2.05) is 30.1 Å². The van der Waals surface area contributed by atoms with Crippen LogP contribution in [-0.4, -0.2) is 23.3 Å². The molecule has 1 fully saturated rings. The van der Waals surface area contributed by atoms with Crippen LogP contribution in [0.25, 0.3) is 0 Å². The molecule has 5 heteroatoms. The fourth-order valence-electron chi connectivity index (χ4n) is 1.48. The minimum absolute atomic E-state index is 0. The first-order valence-corrected chi connectivity index (χ1v) is 6.20. The van der Waals surface area contributed by atoms with Crippen molar-refractivity contribution >= 4 is 35.8 Å². The molecule has 2 nitrogen and oxygen atoms in total. The molecule has 0 bridgehead atoms. The average Bonchev–Trinajstić information content (AvgIpc) is 2.70. The average molecular weight is 265 g/mol. The Balaban J connectivity index is 0.00000112. The summed E-state index contributed by atoms with van der Waals surface area (Å²) < 4.78 is 0. The normalized spacial score (nSPS) is 19.9. The summed E-state index contributed by atoms with van der Waals surface area (Å²) in [4.78, 5) is 4.06. The van der Waals surface area contributed by atoms with Gasteiger partial charge in [-0.3, -0.25) is 0 Å². The lowest BCUT2D eigenvalue weighted by atomic mass is 10.3. The van der Waals surface area contributed by atoms with Crippen molar-refractivity contribution in [2.45, 2.75) is 17.4 Å². The lowest BCUT2D eigenvalue weighted by Crippen LogP contribution is -2.10. The SMILES string of the molecule is Cl.Clc1ccc(CS[C@H]2CCNC2)cn1. The molecule has 0 radical (unpaired) electrons. The summed E-state index contributed by atoms with van der Waals surface area (Å²) in [7, 11) is 0. The van der Waals surface area contributed by atoms with Crippen molar-refractivity contribution in [3.8, 4) is 0 Å². The van der Waals surface area contributed by atoms with Crippen LogP contribution in [0, 0.1) is 0 Å². The van der Waals surface area contributed by atoms with Gasteiger partial charge < -0.3 is 5.32 Å². The van der Waals surface area contributed by atoms with E-state index in [-0.39, 0.29) is 12.4 Å². The van der Waals surface area contributed by atoms with Crippen LogP contribution < -0.4 is 5.32 Å². The number of halogens is 2. The Kier molecular flexibility index (Phi) is 5.75. The first-order valence-electron chi connectivity index (χ1n) is 4.77. The van der Waals surface area contributed by atoms with Gasteiger partial charge in [0.25, 0.3) is 0 Å². The molecular weight excluding hydrogens is 251 g/mol. The van der Waals surface area contributed by atoms with Gasteiger partial charge in [0.1, 0.15) is 5.15 Å². The molecule has 1 N–H and O–H groups in total. The zero-order valence-corrected chi connectivity index (χ0v) is 10.7. The van der Waals surface area contributed by atoms with Crippen molar-refractivity contribution < 1.29 is 0 Å². The van der Waals surface area contributed by atoms with E-state index in [2.05, 4.69) is 10.3 Å². The number of thioether (sulfide) groups is 1. The van der Waals surface area contributed by atoms with Crippen molar-refractivity contribution in [2.24, 2.45) is 0 Å². The van der Waals surface area contributed by atoms with Crippen LogP contribution in [0.15, 0.2) is 18.3 Å². The molecule has 1 aromatic heterocycles. The van der Waals surface area contributed by atoms with Gasteiger partial charge in [-0.15, -0.1) is 12.4 Å². The highest BCUT2D eigenvalue weighted by Crippen LogP contribution is 2.22. The topological polar surface area (TPSA) is 24.9 Å². The predicted molar refractivity (Wildman–Crippen MR) is 69.1 cm³/mol. The third kappa shape index (κ3) is 4.19. The Labute approximate surface area is 106 Å². The summed E-state index contributed by atoms with van der Waals surface area (Å²) in [6, 6.07) is 3.90. The van der Waals surface area contributed by atoms with Crippen LogP contribution in [0.2, 0.25) is 5.15 Å². The van der Waals surface area contributed by atoms with Gasteiger partial charge >= 0.3 is 0 Å². The molecule has 2 heterocycles. The van der Waals surface area contributed by atoms with E-state index in [4.69, 9.17) is 11.6 Å². The van der Waals surface area contributed by atoms with Crippen LogP contribution in [0.3, 0.4) is 0 Å². The minimum atomic E-state index is 0. The number of nitrogens with zero attached hydrogens (tertiary/aromatic N) is 1. The summed E-state index contributed by atoms with van der Waals surface area (Å²) >= 11 is 7.71. The molecule has 0 amide bonds. The fourth-order valence-corrected chi connectivity index (χ4v) is 2.71. The quantitative estimate of drug-likeness (QED) is 0.851. The van der Waals surface area contributed by atoms with Crippen molar-refractivity contribution in [2.75, 3.05) is 13.1 Å². The molecular formula is C10H14Cl2N2S. The van der Waals surface area contributed by atoms with Crippen LogP contribution in [0.1, 0.15) is 12.0 Å². The summed E-state index contributed by atoms with van der Waals surface area (Å²) in [6.45, 7) is 2.31. The first kappa shape index (κ1) is 13.1. The Hall–Kier alpha value is 0.0400. The number of hydrogen-bond acceptors (Lipinski definition) is 3. The molecule has 1 atom stereocenters. The molecule has 0 saturated carbocycles. The van der Waals surface area contributed by atoms with Gasteiger partial charge in [-0.05, 0) is 24.6 Å². The van der Waals surface area contributed by atoms with E-state index in [0.29, 0.717) is 5.15 Å².